The van der Waals surface area contributed by atoms with Gasteiger partial charge in [-0.3, -0.25) is 9.45 Å². The number of hydrogen-bond acceptors (Lipinski definition) is 8. The molecule has 2 heterocycles. The summed E-state index contributed by atoms with van der Waals surface area (Å²) in [6.45, 7) is 2.90. The molecule has 0 saturated heterocycles. The highest BCUT2D eigenvalue weighted by Crippen LogP contribution is 2.36. The quantitative estimate of drug-likeness (QED) is 0.0708. The summed E-state index contributed by atoms with van der Waals surface area (Å²) in [7, 11) is -4.40. The van der Waals surface area contributed by atoms with Crippen molar-refractivity contribution in [3.8, 4) is 11.4 Å². The maximum absolute atomic E-state index is 13.4. The normalized spacial score (nSPS) is 14.7. The van der Waals surface area contributed by atoms with Crippen LogP contribution in [0.2, 0.25) is 0 Å². The number of thioether (sulfide) groups is 1. The van der Waals surface area contributed by atoms with Gasteiger partial charge in [0.05, 0.1) is 22.9 Å². The number of benzene rings is 3. The molecule has 1 atom stereocenters. The van der Waals surface area contributed by atoms with Crippen LogP contribution < -0.4 is 9.64 Å². The molecule has 49 heavy (non-hydrogen) atoms. The first-order valence-corrected chi connectivity index (χ1v) is 19.4. The minimum atomic E-state index is -4.40. The second kappa shape index (κ2) is 18.1. The third-order valence-electron chi connectivity index (χ3n) is 8.38. The van der Waals surface area contributed by atoms with Crippen LogP contribution in [0.1, 0.15) is 89.5 Å². The highest BCUT2D eigenvalue weighted by Gasteiger charge is 2.39. The van der Waals surface area contributed by atoms with Crippen LogP contribution in [0.25, 0.3) is 5.69 Å². The van der Waals surface area contributed by atoms with Crippen molar-refractivity contribution < 1.29 is 22.5 Å². The second-order valence-electron chi connectivity index (χ2n) is 12.1. The summed E-state index contributed by atoms with van der Waals surface area (Å²) in [5.74, 6) is 0.742. The number of anilines is 1. The lowest BCUT2D eigenvalue weighted by Gasteiger charge is -2.24. The predicted molar refractivity (Wildman–Crippen MR) is 192 cm³/mol. The van der Waals surface area contributed by atoms with Crippen molar-refractivity contribution in [3.63, 3.8) is 0 Å². The van der Waals surface area contributed by atoms with E-state index in [2.05, 4.69) is 27.4 Å². The summed E-state index contributed by atoms with van der Waals surface area (Å²) in [4.78, 5) is 19.0. The summed E-state index contributed by atoms with van der Waals surface area (Å²) in [5.41, 5.74) is 2.36. The first-order valence-electron chi connectivity index (χ1n) is 17.1. The van der Waals surface area contributed by atoms with Crippen LogP contribution in [-0.2, 0) is 10.1 Å². The standard InChI is InChI=1S/C36H44N6O5S2/c1-2-3-4-5-6-7-8-9-10-11-12-16-27-47-31-23-19-28(20-24-31)33-34(48-36-38-39-40-42(36)30-17-14-13-15-18-30)41(35(43)37-33)29-21-25-32(26-22-29)49(44,45)46/h13-15,17-26,34H,2-12,16,27H2,1H3,(H,44,45,46). The van der Waals surface area contributed by atoms with Crippen molar-refractivity contribution in [2.24, 2.45) is 4.99 Å². The van der Waals surface area contributed by atoms with Crippen LogP contribution in [0.5, 0.6) is 5.75 Å². The number of nitrogens with zero attached hydrogens (tertiary/aromatic N) is 6. The van der Waals surface area contributed by atoms with Gasteiger partial charge in [0.25, 0.3) is 10.1 Å². The Labute approximate surface area is 292 Å². The molecule has 5 rings (SSSR count). The van der Waals surface area contributed by atoms with Crippen LogP contribution in [-0.4, -0.2) is 56.9 Å². The van der Waals surface area contributed by atoms with Gasteiger partial charge < -0.3 is 4.74 Å². The van der Waals surface area contributed by atoms with Gasteiger partial charge in [-0.1, -0.05) is 108 Å². The van der Waals surface area contributed by atoms with Crippen molar-refractivity contribution in [1.29, 1.82) is 0 Å². The molecule has 2 amide bonds. The second-order valence-corrected chi connectivity index (χ2v) is 14.5. The van der Waals surface area contributed by atoms with E-state index in [0.717, 1.165) is 29.8 Å². The van der Waals surface area contributed by atoms with E-state index < -0.39 is 21.5 Å². The average molecular weight is 705 g/mol. The Balaban J connectivity index is 1.21. The molecule has 0 bridgehead atoms. The van der Waals surface area contributed by atoms with Gasteiger partial charge in [-0.2, -0.15) is 18.1 Å². The first-order chi connectivity index (χ1) is 23.8. The lowest BCUT2D eigenvalue weighted by atomic mass is 10.1. The predicted octanol–water partition coefficient (Wildman–Crippen LogP) is 8.54. The number of unbranched alkanes of at least 4 members (excludes halogenated alkanes) is 11. The smallest absolute Gasteiger partial charge is 0.349 e. The zero-order valence-electron chi connectivity index (χ0n) is 27.9. The van der Waals surface area contributed by atoms with Crippen LogP contribution in [0.3, 0.4) is 0 Å². The van der Waals surface area contributed by atoms with Gasteiger partial charge in [-0.25, -0.2) is 4.79 Å². The van der Waals surface area contributed by atoms with E-state index >= 15 is 0 Å². The number of ether oxygens (including phenoxy) is 1. The zero-order valence-corrected chi connectivity index (χ0v) is 29.5. The largest absolute Gasteiger partial charge is 0.494 e. The molecule has 0 saturated carbocycles. The van der Waals surface area contributed by atoms with Gasteiger partial charge in [0.1, 0.15) is 11.1 Å². The van der Waals surface area contributed by atoms with E-state index in [1.54, 1.807) is 4.68 Å². The molecule has 1 N–H and O–H groups in total. The minimum Gasteiger partial charge on any atom is -0.494 e. The molecule has 11 nitrogen and oxygen atoms in total. The molecule has 1 unspecified atom stereocenters. The Morgan fingerprint density at radius 2 is 1.39 bits per heavy atom. The van der Waals surface area contributed by atoms with Crippen molar-refractivity contribution in [2.75, 3.05) is 11.5 Å². The van der Waals surface area contributed by atoms with Gasteiger partial charge in [-0.05, 0) is 83.1 Å². The van der Waals surface area contributed by atoms with E-state index in [0.29, 0.717) is 23.2 Å². The Morgan fingerprint density at radius 1 is 0.776 bits per heavy atom. The van der Waals surface area contributed by atoms with Gasteiger partial charge in [0, 0.05) is 5.69 Å². The summed E-state index contributed by atoms with van der Waals surface area (Å²) in [6, 6.07) is 21.8. The van der Waals surface area contributed by atoms with E-state index in [-0.39, 0.29) is 4.90 Å². The lowest BCUT2D eigenvalue weighted by Crippen LogP contribution is -2.35. The number of rotatable bonds is 20. The van der Waals surface area contributed by atoms with E-state index in [9.17, 15) is 17.8 Å². The molecule has 0 spiro atoms. The van der Waals surface area contributed by atoms with Gasteiger partial charge >= 0.3 is 6.03 Å². The Kier molecular flexibility index (Phi) is 13.4. The first kappa shape index (κ1) is 36.2. The molecule has 1 aliphatic heterocycles. The molecule has 13 heteroatoms. The number of urea groups is 1. The van der Waals surface area contributed by atoms with Crippen molar-refractivity contribution in [3.05, 3.63) is 84.4 Å². The molecule has 260 valence electrons. The molecular weight excluding hydrogens is 661 g/mol. The SMILES string of the molecule is CCCCCCCCCCCCCCOc1ccc(C2=NC(=O)N(c3ccc(S(=O)(=O)O)cc3)C2Sc2nnnn2-c2ccccc2)cc1. The maximum Gasteiger partial charge on any atom is 0.349 e. The molecule has 1 aromatic heterocycles. The van der Waals surface area contributed by atoms with Gasteiger partial charge in [0.15, 0.2) is 0 Å². The highest BCUT2D eigenvalue weighted by atomic mass is 32.2. The number of tetrazole rings is 1. The third-order valence-corrected chi connectivity index (χ3v) is 10.4. The zero-order chi connectivity index (χ0) is 34.5. The average Bonchev–Trinajstić information content (AvgIpc) is 3.71. The highest BCUT2D eigenvalue weighted by molar-refractivity contribution is 8.00. The third kappa shape index (κ3) is 10.2. The number of aliphatic imine (C=N–C) groups is 1. The monoisotopic (exact) mass is 704 g/mol. The molecule has 0 aliphatic carbocycles. The number of para-hydroxylation sites is 1. The fraction of sp³-hybridized carbons (Fsp3) is 0.417. The minimum absolute atomic E-state index is 0.277. The fourth-order valence-electron chi connectivity index (χ4n) is 5.71. The van der Waals surface area contributed by atoms with Crippen molar-refractivity contribution in [1.82, 2.24) is 20.2 Å². The van der Waals surface area contributed by atoms with E-state index in [4.69, 9.17) is 4.74 Å². The van der Waals surface area contributed by atoms with Crippen molar-refractivity contribution in [2.45, 2.75) is 99.4 Å². The Morgan fingerprint density at radius 3 is 2.00 bits per heavy atom. The summed E-state index contributed by atoms with van der Waals surface area (Å²) in [6.07, 6.45) is 15.5. The number of hydrogen-bond donors (Lipinski definition) is 1. The molecular formula is C36H44N6O5S2. The maximum atomic E-state index is 13.4. The number of amides is 2. The van der Waals surface area contributed by atoms with E-state index in [1.807, 2.05) is 54.6 Å². The molecule has 4 aromatic rings. The lowest BCUT2D eigenvalue weighted by molar-refractivity contribution is 0.256. The van der Waals surface area contributed by atoms with Gasteiger partial charge in [-0.15, -0.1) is 5.10 Å². The molecule has 0 fully saturated rings. The van der Waals surface area contributed by atoms with Crippen molar-refractivity contribution >= 4 is 39.3 Å². The molecule has 0 radical (unpaired) electrons. The number of carbonyl (C=O) groups excluding carboxylic acids is 1. The molecule has 3 aromatic carbocycles. The summed E-state index contributed by atoms with van der Waals surface area (Å²) in [5, 5.41) is 12.0. The van der Waals surface area contributed by atoms with Crippen LogP contribution >= 0.6 is 11.8 Å². The van der Waals surface area contributed by atoms with E-state index in [1.165, 1.54) is 105 Å². The Bertz CT molecular complexity index is 1760. The fourth-order valence-corrected chi connectivity index (χ4v) is 7.34. The topological polar surface area (TPSA) is 140 Å². The summed E-state index contributed by atoms with van der Waals surface area (Å²) < 4.78 is 40.3. The summed E-state index contributed by atoms with van der Waals surface area (Å²) >= 11 is 1.24. The number of aromatic nitrogens is 4. The molecule has 1 aliphatic rings. The van der Waals surface area contributed by atoms with Crippen LogP contribution in [0.4, 0.5) is 10.5 Å². The number of carbonyl (C=O) groups is 1. The Hall–Kier alpha value is -4.07. The van der Waals surface area contributed by atoms with Gasteiger partial charge in [0.2, 0.25) is 5.16 Å². The van der Waals surface area contributed by atoms with Crippen LogP contribution in [0, 0.1) is 0 Å². The van der Waals surface area contributed by atoms with Crippen LogP contribution in [0.15, 0.2) is 93.9 Å².